The number of carbonyl (C=O) groups excluding carboxylic acids is 1. The Morgan fingerprint density at radius 2 is 2.11 bits per heavy atom. The first kappa shape index (κ1) is 13.7. The van der Waals surface area contributed by atoms with Gasteiger partial charge in [-0.15, -0.1) is 0 Å². The van der Waals surface area contributed by atoms with Crippen LogP contribution in [-0.2, 0) is 4.74 Å². The third-order valence-corrected chi connectivity index (χ3v) is 3.02. The van der Waals surface area contributed by atoms with E-state index >= 15 is 0 Å². The maximum atomic E-state index is 11.4. The minimum Gasteiger partial charge on any atom is -0.394 e. The fourth-order valence-electron chi connectivity index (χ4n) is 1.97. The highest BCUT2D eigenvalue weighted by Gasteiger charge is 2.43. The number of aliphatic hydroxyl groups excluding tert-OH is 3. The maximum absolute atomic E-state index is 11.4. The molecule has 1 fully saturated rings. The summed E-state index contributed by atoms with van der Waals surface area (Å²) in [6.45, 7) is -0.461. The van der Waals surface area contributed by atoms with Gasteiger partial charge in [-0.2, -0.15) is 0 Å². The monoisotopic (exact) mass is 270 g/mol. The number of aromatic nitrogens is 1. The number of ether oxygens (including phenoxy) is 1. The molecule has 0 aromatic carbocycles. The van der Waals surface area contributed by atoms with Crippen LogP contribution in [0.15, 0.2) is 23.3 Å². The molecule has 0 radical (unpaired) electrons. The van der Waals surface area contributed by atoms with Crippen molar-refractivity contribution in [1.29, 1.82) is 0 Å². The van der Waals surface area contributed by atoms with Gasteiger partial charge in [-0.3, -0.25) is 9.59 Å². The smallest absolute Gasteiger partial charge is 0.254 e. The lowest BCUT2D eigenvalue weighted by molar-refractivity contribution is -0.0530. The number of hydrogen-bond acceptors (Lipinski definition) is 6. The highest BCUT2D eigenvalue weighted by atomic mass is 16.6. The third-order valence-electron chi connectivity index (χ3n) is 3.02. The Balaban J connectivity index is 2.35. The van der Waals surface area contributed by atoms with Crippen LogP contribution in [0, 0.1) is 0 Å². The molecule has 8 nitrogen and oxygen atoms in total. The van der Waals surface area contributed by atoms with Crippen molar-refractivity contribution >= 4 is 5.91 Å². The van der Waals surface area contributed by atoms with E-state index in [-0.39, 0.29) is 5.56 Å². The molecule has 1 aliphatic rings. The zero-order chi connectivity index (χ0) is 14.2. The minimum absolute atomic E-state index is 0.250. The summed E-state index contributed by atoms with van der Waals surface area (Å²) in [6, 6.07) is 1.11. The number of nitrogens with zero attached hydrogens (tertiary/aromatic N) is 1. The van der Waals surface area contributed by atoms with Crippen molar-refractivity contribution in [3.63, 3.8) is 0 Å². The molecule has 2 rings (SSSR count). The Bertz CT molecular complexity index is 542. The van der Waals surface area contributed by atoms with Crippen LogP contribution in [0.25, 0.3) is 0 Å². The predicted octanol–water partition coefficient (Wildman–Crippen LogP) is -2.44. The Kier molecular flexibility index (Phi) is 3.67. The van der Waals surface area contributed by atoms with Crippen LogP contribution in [-0.4, -0.2) is 50.7 Å². The van der Waals surface area contributed by atoms with Crippen LogP contribution in [0.5, 0.6) is 0 Å². The summed E-state index contributed by atoms with van der Waals surface area (Å²) in [4.78, 5) is 22.5. The van der Waals surface area contributed by atoms with Crippen LogP contribution in [0.3, 0.4) is 0 Å². The topological polar surface area (TPSA) is 135 Å². The summed E-state index contributed by atoms with van der Waals surface area (Å²) >= 11 is 0. The molecule has 1 aliphatic heterocycles. The third kappa shape index (κ3) is 2.38. The van der Waals surface area contributed by atoms with Gasteiger partial charge < -0.3 is 30.4 Å². The summed E-state index contributed by atoms with van der Waals surface area (Å²) in [6.07, 6.45) is -2.05. The number of rotatable bonds is 3. The summed E-state index contributed by atoms with van der Waals surface area (Å²) in [5, 5.41) is 28.4. The molecular formula is C11H14N2O6. The van der Waals surface area contributed by atoms with Gasteiger partial charge >= 0.3 is 0 Å². The van der Waals surface area contributed by atoms with E-state index in [4.69, 9.17) is 15.6 Å². The summed E-state index contributed by atoms with van der Waals surface area (Å²) in [7, 11) is 0. The van der Waals surface area contributed by atoms with Gasteiger partial charge in [0.15, 0.2) is 11.7 Å². The summed E-state index contributed by atoms with van der Waals surface area (Å²) in [5.74, 6) is -0.897. The van der Waals surface area contributed by atoms with E-state index in [1.807, 2.05) is 0 Å². The largest absolute Gasteiger partial charge is 0.394 e. The second kappa shape index (κ2) is 5.10. The van der Waals surface area contributed by atoms with Gasteiger partial charge in [0.1, 0.15) is 23.9 Å². The molecule has 8 heteroatoms. The van der Waals surface area contributed by atoms with E-state index in [0.29, 0.717) is 0 Å². The van der Waals surface area contributed by atoms with Gasteiger partial charge in [-0.1, -0.05) is 0 Å². The van der Waals surface area contributed by atoms with Crippen LogP contribution in [0.2, 0.25) is 0 Å². The Hall–Kier alpha value is -1.74. The average Bonchev–Trinajstić information content (AvgIpc) is 2.66. The Morgan fingerprint density at radius 3 is 2.63 bits per heavy atom. The van der Waals surface area contributed by atoms with Crippen molar-refractivity contribution in [2.75, 3.05) is 6.61 Å². The second-order valence-corrected chi connectivity index (χ2v) is 4.26. The molecule has 4 atom stereocenters. The van der Waals surface area contributed by atoms with Gasteiger partial charge in [0, 0.05) is 18.5 Å². The molecule has 5 N–H and O–H groups in total. The normalized spacial score (nSPS) is 30.5. The first-order valence-corrected chi connectivity index (χ1v) is 5.59. The van der Waals surface area contributed by atoms with E-state index in [2.05, 4.69) is 0 Å². The summed E-state index contributed by atoms with van der Waals surface area (Å²) in [5.41, 5.74) is 4.26. The number of nitrogens with two attached hydrogens (primary N) is 1. The number of pyridine rings is 1. The maximum Gasteiger partial charge on any atom is 0.254 e. The van der Waals surface area contributed by atoms with Gasteiger partial charge in [-0.25, -0.2) is 0 Å². The molecule has 1 aromatic heterocycles. The quantitative estimate of drug-likeness (QED) is 0.482. The molecule has 1 amide bonds. The lowest BCUT2D eigenvalue weighted by Gasteiger charge is -2.18. The molecular weight excluding hydrogens is 256 g/mol. The zero-order valence-electron chi connectivity index (χ0n) is 9.84. The van der Waals surface area contributed by atoms with E-state index in [9.17, 15) is 19.8 Å². The van der Waals surface area contributed by atoms with Crippen molar-refractivity contribution in [2.45, 2.75) is 24.5 Å². The SMILES string of the molecule is NC(=O)c1cn([C@H]2O[C@@H](CO)[C@H](O)[C@@H]2O)ccc1=O. The molecule has 2 heterocycles. The van der Waals surface area contributed by atoms with Crippen molar-refractivity contribution in [3.8, 4) is 0 Å². The molecule has 0 unspecified atom stereocenters. The molecule has 0 bridgehead atoms. The standard InChI is InChI=1S/C11H14N2O6/c12-10(18)5-3-13(2-1-6(5)15)11-9(17)8(16)7(4-14)19-11/h1-3,7-9,11,14,16-17H,4H2,(H2,12,18)/t7-,8-,9-,11-/m0/s1. The molecule has 104 valence electrons. The van der Waals surface area contributed by atoms with Gasteiger partial charge in [0.05, 0.1) is 6.61 Å². The highest BCUT2D eigenvalue weighted by Crippen LogP contribution is 2.28. The van der Waals surface area contributed by atoms with Crippen LogP contribution >= 0.6 is 0 Å². The number of aliphatic hydroxyl groups is 3. The van der Waals surface area contributed by atoms with Gasteiger partial charge in [0.2, 0.25) is 0 Å². The molecule has 0 spiro atoms. The van der Waals surface area contributed by atoms with Crippen LogP contribution in [0.4, 0.5) is 0 Å². The first-order valence-electron chi connectivity index (χ1n) is 5.59. The van der Waals surface area contributed by atoms with Crippen LogP contribution in [0.1, 0.15) is 16.6 Å². The van der Waals surface area contributed by atoms with Crippen molar-refractivity contribution in [1.82, 2.24) is 4.57 Å². The zero-order valence-corrected chi connectivity index (χ0v) is 9.84. The van der Waals surface area contributed by atoms with Crippen molar-refractivity contribution < 1.29 is 24.9 Å². The predicted molar refractivity (Wildman–Crippen MR) is 62.2 cm³/mol. The fourth-order valence-corrected chi connectivity index (χ4v) is 1.97. The van der Waals surface area contributed by atoms with Crippen LogP contribution < -0.4 is 11.2 Å². The molecule has 1 saturated heterocycles. The number of amides is 1. The van der Waals surface area contributed by atoms with E-state index < -0.39 is 42.5 Å². The summed E-state index contributed by atoms with van der Waals surface area (Å²) < 4.78 is 6.51. The molecule has 19 heavy (non-hydrogen) atoms. The van der Waals surface area contributed by atoms with E-state index in [1.165, 1.54) is 10.8 Å². The number of carbonyl (C=O) groups is 1. The van der Waals surface area contributed by atoms with Crippen molar-refractivity contribution in [3.05, 3.63) is 34.2 Å². The first-order chi connectivity index (χ1) is 8.95. The number of primary amides is 1. The number of hydrogen-bond donors (Lipinski definition) is 4. The fraction of sp³-hybridized carbons (Fsp3) is 0.455. The van der Waals surface area contributed by atoms with E-state index in [0.717, 1.165) is 12.3 Å². The molecule has 0 aliphatic carbocycles. The van der Waals surface area contributed by atoms with E-state index in [1.54, 1.807) is 0 Å². The lowest BCUT2D eigenvalue weighted by Crippen LogP contribution is -2.33. The Morgan fingerprint density at radius 1 is 1.42 bits per heavy atom. The Labute approximate surface area is 107 Å². The van der Waals surface area contributed by atoms with Crippen molar-refractivity contribution in [2.24, 2.45) is 5.73 Å². The minimum atomic E-state index is -1.29. The lowest BCUT2D eigenvalue weighted by atomic mass is 10.1. The molecule has 1 aromatic rings. The highest BCUT2D eigenvalue weighted by molar-refractivity contribution is 5.92. The van der Waals surface area contributed by atoms with Gasteiger partial charge in [0.25, 0.3) is 5.91 Å². The average molecular weight is 270 g/mol. The van der Waals surface area contributed by atoms with Gasteiger partial charge in [-0.05, 0) is 0 Å². The second-order valence-electron chi connectivity index (χ2n) is 4.26. The molecule has 0 saturated carbocycles.